The van der Waals surface area contributed by atoms with Crippen molar-refractivity contribution in [3.63, 3.8) is 0 Å². The Morgan fingerprint density at radius 2 is 2.00 bits per heavy atom. The largest absolute Gasteiger partial charge is 0.419 e. The third-order valence-corrected chi connectivity index (χ3v) is 2.52. The zero-order valence-corrected chi connectivity index (χ0v) is 9.70. The van der Waals surface area contributed by atoms with E-state index in [1.807, 2.05) is 0 Å². The first-order valence-electron chi connectivity index (χ1n) is 5.20. The first-order valence-corrected chi connectivity index (χ1v) is 5.20. The van der Waals surface area contributed by atoms with E-state index in [4.69, 9.17) is 0 Å². The van der Waals surface area contributed by atoms with E-state index < -0.39 is 28.9 Å². The standard InChI is InChI=1S/C12H8F4N2O/c1-18-6-7(5-17-18)11(19)8-3-2-4-9(10(8)13)12(14,15)16/h2-6H,1H3. The van der Waals surface area contributed by atoms with Crippen molar-refractivity contribution >= 4 is 5.78 Å². The van der Waals surface area contributed by atoms with E-state index in [1.165, 1.54) is 17.1 Å². The van der Waals surface area contributed by atoms with Crippen molar-refractivity contribution < 1.29 is 22.4 Å². The quantitative estimate of drug-likeness (QED) is 0.622. The zero-order chi connectivity index (χ0) is 14.2. The second-order valence-corrected chi connectivity index (χ2v) is 3.90. The van der Waals surface area contributed by atoms with Gasteiger partial charge in [-0.15, -0.1) is 0 Å². The van der Waals surface area contributed by atoms with Crippen LogP contribution in [0.4, 0.5) is 17.6 Å². The van der Waals surface area contributed by atoms with Crippen molar-refractivity contribution in [3.05, 3.63) is 53.1 Å². The lowest BCUT2D eigenvalue weighted by Crippen LogP contribution is -2.12. The van der Waals surface area contributed by atoms with Crippen LogP contribution in [-0.4, -0.2) is 15.6 Å². The van der Waals surface area contributed by atoms with Gasteiger partial charge >= 0.3 is 6.18 Å². The van der Waals surface area contributed by atoms with Gasteiger partial charge in [0.05, 0.1) is 22.9 Å². The fraction of sp³-hybridized carbons (Fsp3) is 0.167. The smallest absolute Gasteiger partial charge is 0.288 e. The Balaban J connectivity index is 2.49. The Kier molecular flexibility index (Phi) is 3.13. The van der Waals surface area contributed by atoms with Crippen LogP contribution in [0.5, 0.6) is 0 Å². The number of halogens is 4. The minimum Gasteiger partial charge on any atom is -0.288 e. The van der Waals surface area contributed by atoms with Gasteiger partial charge in [-0.1, -0.05) is 6.07 Å². The van der Waals surface area contributed by atoms with Crippen LogP contribution in [0.25, 0.3) is 0 Å². The number of rotatable bonds is 2. The molecule has 7 heteroatoms. The lowest BCUT2D eigenvalue weighted by molar-refractivity contribution is -0.140. The van der Waals surface area contributed by atoms with Gasteiger partial charge < -0.3 is 0 Å². The van der Waals surface area contributed by atoms with Crippen LogP contribution < -0.4 is 0 Å². The number of alkyl halides is 3. The number of carbonyl (C=O) groups excluding carboxylic acids is 1. The highest BCUT2D eigenvalue weighted by atomic mass is 19.4. The molecule has 100 valence electrons. The predicted molar refractivity (Wildman–Crippen MR) is 58.0 cm³/mol. The molecule has 1 aromatic heterocycles. The molecule has 0 saturated heterocycles. The van der Waals surface area contributed by atoms with Gasteiger partial charge in [0.25, 0.3) is 0 Å². The predicted octanol–water partition coefficient (Wildman–Crippen LogP) is 2.81. The summed E-state index contributed by atoms with van der Waals surface area (Å²) in [6.45, 7) is 0. The second-order valence-electron chi connectivity index (χ2n) is 3.90. The highest BCUT2D eigenvalue weighted by Gasteiger charge is 2.35. The molecule has 1 aromatic carbocycles. The van der Waals surface area contributed by atoms with Crippen LogP contribution in [-0.2, 0) is 13.2 Å². The summed E-state index contributed by atoms with van der Waals surface area (Å²) in [6.07, 6.45) is -2.36. The molecule has 0 amide bonds. The van der Waals surface area contributed by atoms with E-state index >= 15 is 0 Å². The molecule has 0 aliphatic heterocycles. The van der Waals surface area contributed by atoms with Gasteiger partial charge in [-0.05, 0) is 12.1 Å². The average molecular weight is 272 g/mol. The molecule has 19 heavy (non-hydrogen) atoms. The number of aromatic nitrogens is 2. The normalized spacial score (nSPS) is 11.6. The maximum Gasteiger partial charge on any atom is 0.419 e. The van der Waals surface area contributed by atoms with Gasteiger partial charge in [0, 0.05) is 13.2 Å². The summed E-state index contributed by atoms with van der Waals surface area (Å²) in [7, 11) is 1.54. The molecule has 2 rings (SSSR count). The third-order valence-electron chi connectivity index (χ3n) is 2.52. The summed E-state index contributed by atoms with van der Waals surface area (Å²) in [5, 5.41) is 3.72. The molecule has 3 nitrogen and oxygen atoms in total. The van der Waals surface area contributed by atoms with E-state index in [1.54, 1.807) is 7.05 Å². The summed E-state index contributed by atoms with van der Waals surface area (Å²) < 4.78 is 52.6. The van der Waals surface area contributed by atoms with Crippen LogP contribution >= 0.6 is 0 Å². The van der Waals surface area contributed by atoms with E-state index in [0.29, 0.717) is 6.07 Å². The third kappa shape index (κ3) is 2.49. The lowest BCUT2D eigenvalue weighted by atomic mass is 10.0. The number of hydrogen-bond donors (Lipinski definition) is 0. The van der Waals surface area contributed by atoms with E-state index in [2.05, 4.69) is 5.10 Å². The van der Waals surface area contributed by atoms with Crippen molar-refractivity contribution in [1.29, 1.82) is 0 Å². The number of ketones is 1. The van der Waals surface area contributed by atoms with Crippen molar-refractivity contribution in [1.82, 2.24) is 9.78 Å². The van der Waals surface area contributed by atoms with E-state index in [0.717, 1.165) is 12.1 Å². The van der Waals surface area contributed by atoms with Crippen LogP contribution in [0.2, 0.25) is 0 Å². The summed E-state index contributed by atoms with van der Waals surface area (Å²) in [5.41, 5.74) is -2.05. The SMILES string of the molecule is Cn1cc(C(=O)c2cccc(C(F)(F)F)c2F)cn1. The fourth-order valence-electron chi connectivity index (χ4n) is 1.62. The number of aryl methyl sites for hydroxylation is 1. The summed E-state index contributed by atoms with van der Waals surface area (Å²) >= 11 is 0. The molecule has 1 heterocycles. The molecular weight excluding hydrogens is 264 g/mol. The number of benzene rings is 1. The van der Waals surface area contributed by atoms with Gasteiger partial charge in [0.2, 0.25) is 0 Å². The van der Waals surface area contributed by atoms with Crippen LogP contribution in [0, 0.1) is 5.82 Å². The second kappa shape index (κ2) is 4.49. The Bertz CT molecular complexity index is 631. The maximum atomic E-state index is 13.7. The molecule has 0 bridgehead atoms. The van der Waals surface area contributed by atoms with Gasteiger partial charge in [0.15, 0.2) is 5.78 Å². The molecule has 0 N–H and O–H groups in total. The zero-order valence-electron chi connectivity index (χ0n) is 9.70. The maximum absolute atomic E-state index is 13.7. The highest BCUT2D eigenvalue weighted by Crippen LogP contribution is 2.32. The van der Waals surface area contributed by atoms with Crippen LogP contribution in [0.3, 0.4) is 0 Å². The Morgan fingerprint density at radius 1 is 1.32 bits per heavy atom. The van der Waals surface area contributed by atoms with Crippen molar-refractivity contribution in [2.45, 2.75) is 6.18 Å². The first-order chi connectivity index (χ1) is 8.80. The van der Waals surface area contributed by atoms with E-state index in [9.17, 15) is 22.4 Å². The average Bonchev–Trinajstić information content (AvgIpc) is 2.74. The minimum absolute atomic E-state index is 0.0284. The van der Waals surface area contributed by atoms with Gasteiger partial charge in [-0.2, -0.15) is 18.3 Å². The summed E-state index contributed by atoms with van der Waals surface area (Å²) in [4.78, 5) is 11.9. The molecule has 0 saturated carbocycles. The monoisotopic (exact) mass is 272 g/mol. The summed E-state index contributed by atoms with van der Waals surface area (Å²) in [5.74, 6) is -2.40. The molecule has 0 aliphatic carbocycles. The van der Waals surface area contributed by atoms with Crippen molar-refractivity contribution in [3.8, 4) is 0 Å². The highest BCUT2D eigenvalue weighted by molar-refractivity contribution is 6.09. The molecule has 0 fully saturated rings. The Hall–Kier alpha value is -2.18. The molecule has 0 radical (unpaired) electrons. The molecular formula is C12H8F4N2O. The fourth-order valence-corrected chi connectivity index (χ4v) is 1.62. The molecule has 0 spiro atoms. The minimum atomic E-state index is -4.84. The van der Waals surface area contributed by atoms with Gasteiger partial charge in [-0.25, -0.2) is 4.39 Å². The van der Waals surface area contributed by atoms with Crippen molar-refractivity contribution in [2.75, 3.05) is 0 Å². The Morgan fingerprint density at radius 3 is 2.53 bits per heavy atom. The summed E-state index contributed by atoms with van der Waals surface area (Å²) in [6, 6.07) is 2.60. The lowest BCUT2D eigenvalue weighted by Gasteiger charge is -2.09. The number of hydrogen-bond acceptors (Lipinski definition) is 2. The number of carbonyl (C=O) groups is 1. The Labute approximate surface area is 105 Å². The molecule has 0 unspecified atom stereocenters. The van der Waals surface area contributed by atoms with Crippen LogP contribution in [0.15, 0.2) is 30.6 Å². The number of nitrogens with zero attached hydrogens (tertiary/aromatic N) is 2. The van der Waals surface area contributed by atoms with Gasteiger partial charge in [-0.3, -0.25) is 9.48 Å². The van der Waals surface area contributed by atoms with Crippen LogP contribution in [0.1, 0.15) is 21.5 Å². The van der Waals surface area contributed by atoms with E-state index in [-0.39, 0.29) is 5.56 Å². The van der Waals surface area contributed by atoms with Gasteiger partial charge in [0.1, 0.15) is 5.82 Å². The molecule has 2 aromatic rings. The van der Waals surface area contributed by atoms with Crippen molar-refractivity contribution in [2.24, 2.45) is 7.05 Å². The topological polar surface area (TPSA) is 34.9 Å². The molecule has 0 atom stereocenters. The first kappa shape index (κ1) is 13.3. The molecule has 0 aliphatic rings.